The number of allylic oxidation sites excluding steroid dienone is 1. The summed E-state index contributed by atoms with van der Waals surface area (Å²) in [6, 6.07) is 0. The molecule has 0 amide bonds. The smallest absolute Gasteiger partial charge is 0.120 e. The van der Waals surface area contributed by atoms with Gasteiger partial charge in [0.15, 0.2) is 0 Å². The third kappa shape index (κ3) is 19.5. The van der Waals surface area contributed by atoms with Gasteiger partial charge in [-0.15, -0.1) is 134 Å². The highest BCUT2D eigenvalue weighted by Gasteiger charge is 2.53. The van der Waals surface area contributed by atoms with E-state index in [0.717, 1.165) is 20.1 Å². The van der Waals surface area contributed by atoms with Gasteiger partial charge in [0, 0.05) is 33.9 Å². The first-order valence-electron chi connectivity index (χ1n) is 14.8. The SMILES string of the molecule is CC1=C2[C@@H](OP(P(P)P)P(PP)P(P)P)[C@H](OP(P(P)P)P(P)P(P)P)[C@@H](C)/C(OP(P)P)=C\C(C[C@@H]1OP(P(P)P(P)P)P(P(P)P)P(P)P)C2(C)C. The molecule has 0 aromatic heterocycles. The molecular weight excluding hydrogens is 1330 g/mol. The van der Waals surface area contributed by atoms with Gasteiger partial charge in [0.05, 0.1) is 28.7 Å². The van der Waals surface area contributed by atoms with Gasteiger partial charge in [0.25, 0.3) is 0 Å². The maximum absolute atomic E-state index is 7.95. The highest BCUT2D eigenvalue weighted by molar-refractivity contribution is 9.19. The molecule has 0 heterocycles. The summed E-state index contributed by atoms with van der Waals surface area (Å²) in [5.41, 5.74) is 2.60. The minimum Gasteiger partial charge on any atom is -0.471 e. The van der Waals surface area contributed by atoms with E-state index in [1.807, 2.05) is 0 Å². The zero-order chi connectivity index (χ0) is 41.7. The fourth-order valence-corrected chi connectivity index (χ4v) is 213. The molecule has 0 aromatic rings. The quantitative estimate of drug-likeness (QED) is 0.0899. The lowest BCUT2D eigenvalue weighted by atomic mass is 9.60. The van der Waals surface area contributed by atoms with Gasteiger partial charge in [-0.3, -0.25) is 0 Å². The molecule has 0 N–H and O–H groups in total. The molecule has 318 valence electrons. The summed E-state index contributed by atoms with van der Waals surface area (Å²) in [4.78, 5) is 0. The minimum absolute atomic E-state index is 0.00372. The van der Waals surface area contributed by atoms with Crippen molar-refractivity contribution in [2.75, 3.05) is 0 Å². The van der Waals surface area contributed by atoms with E-state index in [9.17, 15) is 0 Å². The first-order valence-corrected chi connectivity index (χ1v) is 75.2. The van der Waals surface area contributed by atoms with Gasteiger partial charge < -0.3 is 18.1 Å². The first-order chi connectivity index (χ1) is 24.8. The van der Waals surface area contributed by atoms with Crippen molar-refractivity contribution >= 4 is 285 Å². The maximum atomic E-state index is 7.95. The molecule has 54 heavy (non-hydrogen) atoms. The van der Waals surface area contributed by atoms with Crippen molar-refractivity contribution < 1.29 is 18.1 Å². The third-order valence-electron chi connectivity index (χ3n) is 8.02. The molecule has 0 saturated heterocycles. The second kappa shape index (κ2) is 31.8. The van der Waals surface area contributed by atoms with Gasteiger partial charge in [-0.2, -0.15) is 0 Å². The Bertz CT molecular complexity index is 1210. The fraction of sp³-hybridized carbons (Fsp3) is 0.733. The van der Waals surface area contributed by atoms with Crippen LogP contribution in [0.2, 0.25) is 0 Å². The normalized spacial score (nSPS) is 28.5. The predicted molar refractivity (Wildman–Crippen MR) is 364 cm³/mol. The lowest BCUT2D eigenvalue weighted by molar-refractivity contribution is 0.0291. The maximum Gasteiger partial charge on any atom is 0.120 e. The van der Waals surface area contributed by atoms with E-state index in [2.05, 4.69) is 203 Å². The summed E-state index contributed by atoms with van der Waals surface area (Å²) in [5.74, 6) is 1.28. The second-order valence-electron chi connectivity index (χ2n) is 11.9. The van der Waals surface area contributed by atoms with E-state index in [0.29, 0.717) is 0 Å². The minimum atomic E-state index is -0.809. The Morgan fingerprint density at radius 2 is 1.15 bits per heavy atom. The molecule has 39 heteroatoms. The van der Waals surface area contributed by atoms with Crippen LogP contribution in [-0.4, -0.2) is 18.3 Å². The van der Waals surface area contributed by atoms with Crippen LogP contribution >= 0.6 is 285 Å². The Hall–Kier alpha value is 14.2. The van der Waals surface area contributed by atoms with Crippen molar-refractivity contribution in [1.29, 1.82) is 0 Å². The highest BCUT2D eigenvalue weighted by atomic mass is 33.2. The van der Waals surface area contributed by atoms with E-state index >= 15 is 0 Å². The van der Waals surface area contributed by atoms with Crippen molar-refractivity contribution in [1.82, 2.24) is 0 Å². The van der Waals surface area contributed by atoms with Crippen LogP contribution in [-0.2, 0) is 18.1 Å². The van der Waals surface area contributed by atoms with Gasteiger partial charge in [0.2, 0.25) is 0 Å². The molecule has 2 bridgehead atoms. The van der Waals surface area contributed by atoms with Crippen LogP contribution in [0.15, 0.2) is 23.0 Å². The standard InChI is InChI=1S/C15H59O4P35/c1-7-10(17-43(52(38)47(29)30)54(49(33)34)50(35)36)5-9-6-11(16-40(21)22)8(2)13(18-41(44(23)24)51(37)46(27)28)14(12(7)15(9,3)4)19-42(45(25)26)53(39-20)48(31)32/h6,8-10,13-14,39H,5,20-38H2,1-4H3/b11-6+/t8-,9?,10-,13+,14+,41?,42?,43?,51?,52?,53?/m0/s1. The van der Waals surface area contributed by atoms with Crippen molar-refractivity contribution in [3.8, 4) is 0 Å². The molecule has 27 unspecified atom stereocenters. The first kappa shape index (κ1) is 64.3. The lowest BCUT2D eigenvalue weighted by Crippen LogP contribution is -2.48. The van der Waals surface area contributed by atoms with Gasteiger partial charge in [-0.25, -0.2) is 0 Å². The Morgan fingerprint density at radius 1 is 0.648 bits per heavy atom. The fourth-order valence-electron chi connectivity index (χ4n) is 5.59. The summed E-state index contributed by atoms with van der Waals surface area (Å²) in [6.07, 6.45) is 3.01. The molecule has 0 fully saturated rings. The monoisotopic (exact) mass is 1390 g/mol. The molecule has 0 spiro atoms. The molecule has 0 aliphatic heterocycles. The van der Waals surface area contributed by atoms with Crippen LogP contribution in [0.4, 0.5) is 0 Å². The Balaban J connectivity index is 3.11. The Kier molecular flexibility index (Phi) is 37.9. The average molecular weight is 1390 g/mol. The van der Waals surface area contributed by atoms with Crippen LogP contribution in [0.5, 0.6) is 0 Å². The third-order valence-corrected chi connectivity index (χ3v) is 167. The number of hydrogen-bond donors (Lipinski definition) is 0. The molecule has 4 nitrogen and oxygen atoms in total. The second-order valence-corrected chi connectivity index (χ2v) is 133. The molecule has 2 rings (SSSR count). The summed E-state index contributed by atoms with van der Waals surface area (Å²) in [6.45, 7) is 5.62. The van der Waals surface area contributed by atoms with E-state index in [4.69, 9.17) is 18.1 Å². The number of rotatable bonds is 20. The van der Waals surface area contributed by atoms with Crippen molar-refractivity contribution in [3.63, 3.8) is 0 Å². The highest BCUT2D eigenvalue weighted by Crippen LogP contribution is 3.18. The van der Waals surface area contributed by atoms with Crippen LogP contribution in [0, 0.1) is 17.3 Å². The van der Waals surface area contributed by atoms with Crippen molar-refractivity contribution in [2.24, 2.45) is 17.3 Å². The molecule has 31 atom stereocenters. The van der Waals surface area contributed by atoms with Crippen LogP contribution in [0.25, 0.3) is 0 Å². The topological polar surface area (TPSA) is 36.9 Å². The molecule has 0 radical (unpaired) electrons. The van der Waals surface area contributed by atoms with E-state index in [1.54, 1.807) is 0 Å². The van der Waals surface area contributed by atoms with Gasteiger partial charge in [0.1, 0.15) is 25.5 Å². The summed E-state index contributed by atoms with van der Waals surface area (Å²) in [5, 5.41) is 0. The van der Waals surface area contributed by atoms with Gasteiger partial charge in [-0.05, 0) is 90.8 Å². The van der Waals surface area contributed by atoms with E-state index in [-0.39, 0.29) is 91.5 Å². The van der Waals surface area contributed by atoms with Gasteiger partial charge >= 0.3 is 0 Å². The number of fused-ring (bicyclic) bond motifs is 2. The van der Waals surface area contributed by atoms with E-state index in [1.165, 1.54) is 11.1 Å². The van der Waals surface area contributed by atoms with Crippen molar-refractivity contribution in [3.05, 3.63) is 23.0 Å². The van der Waals surface area contributed by atoms with Crippen LogP contribution in [0.1, 0.15) is 34.1 Å². The zero-order valence-corrected chi connectivity index (χ0v) is 66.3. The number of hydrogen-bond acceptors (Lipinski definition) is 4. The van der Waals surface area contributed by atoms with Gasteiger partial charge in [-0.1, -0.05) is 64.4 Å². The van der Waals surface area contributed by atoms with Crippen LogP contribution in [0.3, 0.4) is 0 Å². The van der Waals surface area contributed by atoms with E-state index < -0.39 is 51.1 Å². The van der Waals surface area contributed by atoms with Crippen molar-refractivity contribution in [2.45, 2.75) is 52.4 Å². The molecule has 2 aliphatic carbocycles. The predicted octanol–water partition coefficient (Wildman–Crippen LogP) is 22.6. The summed E-state index contributed by atoms with van der Waals surface area (Å²) in [7, 11) is 57.4. The molecule has 0 aromatic carbocycles. The zero-order valence-electron chi connectivity index (χ0n) is 30.0. The molecule has 0 saturated carbocycles. The lowest BCUT2D eigenvalue weighted by Gasteiger charge is -2.52. The molecular formula is C15H59O4P35. The largest absolute Gasteiger partial charge is 0.471 e. The molecule has 2 aliphatic rings. The van der Waals surface area contributed by atoms with Crippen LogP contribution < -0.4 is 0 Å². The average Bonchev–Trinajstić information content (AvgIpc) is 3.03. The Morgan fingerprint density at radius 3 is 1.56 bits per heavy atom. The summed E-state index contributed by atoms with van der Waals surface area (Å²) < 4.78 is 30.3. The summed E-state index contributed by atoms with van der Waals surface area (Å²) >= 11 is 0. The Labute approximate surface area is 391 Å².